The molecule has 2 N–H and O–H groups in total. The van der Waals surface area contributed by atoms with Crippen molar-refractivity contribution in [3.05, 3.63) is 41.7 Å². The van der Waals surface area contributed by atoms with Crippen molar-refractivity contribution >= 4 is 11.6 Å². The third-order valence-electron chi connectivity index (χ3n) is 3.64. The van der Waals surface area contributed by atoms with Gasteiger partial charge in [0, 0.05) is 18.3 Å². The summed E-state index contributed by atoms with van der Waals surface area (Å²) in [5, 5.41) is 0. The van der Waals surface area contributed by atoms with Gasteiger partial charge in [-0.15, -0.1) is 0 Å². The van der Waals surface area contributed by atoms with Gasteiger partial charge in [-0.1, -0.05) is 18.2 Å². The summed E-state index contributed by atoms with van der Waals surface area (Å²) in [6.07, 6.45) is 5.18. The second kappa shape index (κ2) is 4.21. The maximum Gasteiger partial charge on any atom is 0.233 e. The minimum absolute atomic E-state index is 0.0311. The lowest BCUT2D eigenvalue weighted by molar-refractivity contribution is -0.121. The Hall–Kier alpha value is -1.68. The molecule has 1 aromatic carbocycles. The number of carbonyl (C=O) groups is 1. The summed E-state index contributed by atoms with van der Waals surface area (Å²) in [4.78, 5) is 14.0. The van der Waals surface area contributed by atoms with Crippen molar-refractivity contribution < 1.29 is 9.18 Å². The fraction of sp³-hybridized carbons (Fsp3) is 0.357. The predicted molar refractivity (Wildman–Crippen MR) is 67.7 cm³/mol. The van der Waals surface area contributed by atoms with Crippen LogP contribution >= 0.6 is 0 Å². The van der Waals surface area contributed by atoms with E-state index >= 15 is 0 Å². The van der Waals surface area contributed by atoms with Crippen molar-refractivity contribution in [1.29, 1.82) is 0 Å². The maximum absolute atomic E-state index is 13.3. The number of nitrogens with zero attached hydrogens (tertiary/aromatic N) is 1. The van der Waals surface area contributed by atoms with Crippen LogP contribution in [0.3, 0.4) is 0 Å². The van der Waals surface area contributed by atoms with Crippen LogP contribution in [0.2, 0.25) is 0 Å². The smallest absolute Gasteiger partial charge is 0.233 e. The lowest BCUT2D eigenvalue weighted by Crippen LogP contribution is -2.34. The molecule has 0 bridgehead atoms. The van der Waals surface area contributed by atoms with Gasteiger partial charge in [-0.3, -0.25) is 4.79 Å². The first-order valence-corrected chi connectivity index (χ1v) is 6.19. The van der Waals surface area contributed by atoms with Crippen LogP contribution in [-0.2, 0) is 11.2 Å². The molecule has 1 aliphatic heterocycles. The summed E-state index contributed by atoms with van der Waals surface area (Å²) in [5.74, 6) is -0.426. The van der Waals surface area contributed by atoms with Crippen molar-refractivity contribution in [2.45, 2.75) is 18.9 Å². The summed E-state index contributed by atoms with van der Waals surface area (Å²) in [6.45, 7) is 0.636. The van der Waals surface area contributed by atoms with Crippen LogP contribution in [0, 0.1) is 11.7 Å². The van der Waals surface area contributed by atoms with Crippen LogP contribution in [0.4, 0.5) is 10.1 Å². The maximum atomic E-state index is 13.3. The van der Waals surface area contributed by atoms with Gasteiger partial charge in [-0.25, -0.2) is 4.39 Å². The number of fused-ring (bicyclic) bond motifs is 1. The highest BCUT2D eigenvalue weighted by atomic mass is 19.1. The van der Waals surface area contributed by atoms with Crippen LogP contribution in [0.1, 0.15) is 12.0 Å². The summed E-state index contributed by atoms with van der Waals surface area (Å²) < 4.78 is 13.3. The summed E-state index contributed by atoms with van der Waals surface area (Å²) in [6, 6.07) is 4.61. The standard InChI is InChI=1S/C14H15FN2O/c15-11-3-1-9-5-6-17(13(9)8-11)14(18)10-2-4-12(16)7-10/h1-4,8,10,12H,5-7,16H2. The van der Waals surface area contributed by atoms with E-state index in [-0.39, 0.29) is 23.7 Å². The van der Waals surface area contributed by atoms with Crippen molar-refractivity contribution in [2.75, 3.05) is 11.4 Å². The number of hydrogen-bond acceptors (Lipinski definition) is 2. The monoisotopic (exact) mass is 246 g/mol. The van der Waals surface area contributed by atoms with E-state index in [0.29, 0.717) is 18.7 Å². The number of amides is 1. The van der Waals surface area contributed by atoms with E-state index in [1.165, 1.54) is 12.1 Å². The number of hydrogen-bond donors (Lipinski definition) is 1. The van der Waals surface area contributed by atoms with Crippen molar-refractivity contribution in [2.24, 2.45) is 11.7 Å². The van der Waals surface area contributed by atoms with E-state index in [2.05, 4.69) is 0 Å². The molecule has 2 aliphatic rings. The minimum Gasteiger partial charge on any atom is -0.324 e. The Bertz CT molecular complexity index is 527. The Morgan fingerprint density at radius 2 is 2.22 bits per heavy atom. The number of benzene rings is 1. The third-order valence-corrected chi connectivity index (χ3v) is 3.64. The van der Waals surface area contributed by atoms with E-state index in [4.69, 9.17) is 5.73 Å². The molecule has 2 atom stereocenters. The van der Waals surface area contributed by atoms with Crippen molar-refractivity contribution in [1.82, 2.24) is 0 Å². The lowest BCUT2D eigenvalue weighted by Gasteiger charge is -2.21. The zero-order chi connectivity index (χ0) is 12.7. The molecular weight excluding hydrogens is 231 g/mol. The molecule has 18 heavy (non-hydrogen) atoms. The van der Waals surface area contributed by atoms with Gasteiger partial charge in [0.2, 0.25) is 5.91 Å². The van der Waals surface area contributed by atoms with E-state index < -0.39 is 0 Å². The fourth-order valence-electron chi connectivity index (χ4n) is 2.69. The molecule has 4 heteroatoms. The molecule has 0 fully saturated rings. The molecule has 0 saturated heterocycles. The quantitative estimate of drug-likeness (QED) is 0.765. The normalized spacial score (nSPS) is 25.6. The Morgan fingerprint density at radius 1 is 1.39 bits per heavy atom. The fourth-order valence-corrected chi connectivity index (χ4v) is 2.69. The first-order valence-electron chi connectivity index (χ1n) is 6.19. The van der Waals surface area contributed by atoms with Crippen molar-refractivity contribution in [3.63, 3.8) is 0 Å². The highest BCUT2D eigenvalue weighted by Crippen LogP contribution is 2.31. The van der Waals surface area contributed by atoms with Gasteiger partial charge < -0.3 is 10.6 Å². The first-order chi connectivity index (χ1) is 8.65. The van der Waals surface area contributed by atoms with Gasteiger partial charge in [-0.05, 0) is 30.5 Å². The molecule has 3 nitrogen and oxygen atoms in total. The molecule has 1 amide bonds. The Kier molecular flexibility index (Phi) is 2.67. The average Bonchev–Trinajstić information content (AvgIpc) is 2.94. The molecule has 3 rings (SSSR count). The molecule has 1 aromatic rings. The van der Waals surface area contributed by atoms with E-state index in [9.17, 15) is 9.18 Å². The van der Waals surface area contributed by atoms with Gasteiger partial charge in [0.25, 0.3) is 0 Å². The zero-order valence-electron chi connectivity index (χ0n) is 9.97. The van der Waals surface area contributed by atoms with E-state index in [1.807, 2.05) is 12.2 Å². The molecule has 0 spiro atoms. The number of rotatable bonds is 1. The molecule has 1 aliphatic carbocycles. The summed E-state index contributed by atoms with van der Waals surface area (Å²) >= 11 is 0. The Morgan fingerprint density at radius 3 is 2.94 bits per heavy atom. The molecule has 0 radical (unpaired) electrons. The first kappa shape index (κ1) is 11.4. The van der Waals surface area contributed by atoms with E-state index in [0.717, 1.165) is 12.0 Å². The second-order valence-electron chi connectivity index (χ2n) is 4.90. The van der Waals surface area contributed by atoms with Gasteiger partial charge in [0.1, 0.15) is 5.82 Å². The van der Waals surface area contributed by atoms with Crippen LogP contribution in [0.25, 0.3) is 0 Å². The second-order valence-corrected chi connectivity index (χ2v) is 4.90. The topological polar surface area (TPSA) is 46.3 Å². The molecular formula is C14H15FN2O. The number of anilines is 1. The average molecular weight is 246 g/mol. The molecule has 2 unspecified atom stereocenters. The zero-order valence-corrected chi connectivity index (χ0v) is 9.97. The molecule has 94 valence electrons. The van der Waals surface area contributed by atoms with Crippen LogP contribution in [0.5, 0.6) is 0 Å². The molecule has 1 heterocycles. The number of halogens is 1. The Balaban J connectivity index is 1.86. The summed E-state index contributed by atoms with van der Waals surface area (Å²) in [7, 11) is 0. The van der Waals surface area contributed by atoms with Crippen molar-refractivity contribution in [3.8, 4) is 0 Å². The lowest BCUT2D eigenvalue weighted by atomic mass is 10.1. The van der Waals surface area contributed by atoms with E-state index in [1.54, 1.807) is 11.0 Å². The van der Waals surface area contributed by atoms with Gasteiger partial charge >= 0.3 is 0 Å². The largest absolute Gasteiger partial charge is 0.324 e. The minimum atomic E-state index is -0.299. The van der Waals surface area contributed by atoms with Crippen LogP contribution in [-0.4, -0.2) is 18.5 Å². The number of nitrogens with two attached hydrogens (primary N) is 1. The highest BCUT2D eigenvalue weighted by Gasteiger charge is 2.31. The number of carbonyl (C=O) groups excluding carboxylic acids is 1. The summed E-state index contributed by atoms with van der Waals surface area (Å²) in [5.41, 5.74) is 7.52. The van der Waals surface area contributed by atoms with Crippen LogP contribution < -0.4 is 10.6 Å². The molecule has 0 saturated carbocycles. The highest BCUT2D eigenvalue weighted by molar-refractivity contribution is 5.98. The van der Waals surface area contributed by atoms with Gasteiger partial charge in [-0.2, -0.15) is 0 Å². The van der Waals surface area contributed by atoms with Gasteiger partial charge in [0.05, 0.1) is 5.92 Å². The molecule has 0 aromatic heterocycles. The third kappa shape index (κ3) is 1.82. The van der Waals surface area contributed by atoms with Crippen LogP contribution in [0.15, 0.2) is 30.4 Å². The predicted octanol–water partition coefficient (Wildman–Crippen LogP) is 1.62. The van der Waals surface area contributed by atoms with Gasteiger partial charge in [0.15, 0.2) is 0 Å². The SMILES string of the molecule is NC1C=CC(C(=O)N2CCc3ccc(F)cc32)C1. The Labute approximate surface area is 105 Å².